The highest BCUT2D eigenvalue weighted by molar-refractivity contribution is 6.37. The molecule has 4 nitrogen and oxygen atoms in total. The summed E-state index contributed by atoms with van der Waals surface area (Å²) in [5, 5.41) is 4.29. The van der Waals surface area contributed by atoms with Crippen LogP contribution in [0.5, 0.6) is 0 Å². The number of nitrogens with zero attached hydrogens (tertiary/aromatic N) is 1. The largest absolute Gasteiger partial charge is 0.465 e. The van der Waals surface area contributed by atoms with Crippen molar-refractivity contribution < 1.29 is 9.53 Å². The Morgan fingerprint density at radius 2 is 2.17 bits per heavy atom. The number of carbonyl (C=O) groups excluding carboxylic acids is 1. The Morgan fingerprint density at radius 1 is 1.44 bits per heavy atom. The molecule has 0 aliphatic carbocycles. The van der Waals surface area contributed by atoms with E-state index in [-0.39, 0.29) is 0 Å². The van der Waals surface area contributed by atoms with Crippen molar-refractivity contribution in [2.75, 3.05) is 19.5 Å². The number of aryl methyl sites for hydroxylation is 1. The lowest BCUT2D eigenvalue weighted by Crippen LogP contribution is -2.07. The van der Waals surface area contributed by atoms with Crippen molar-refractivity contribution in [1.29, 1.82) is 0 Å². The maximum Gasteiger partial charge on any atom is 0.341 e. The molecule has 1 aromatic carbocycles. The number of halogens is 1. The summed E-state index contributed by atoms with van der Waals surface area (Å²) >= 11 is 6.20. The van der Waals surface area contributed by atoms with E-state index in [0.717, 1.165) is 16.5 Å². The van der Waals surface area contributed by atoms with Crippen LogP contribution in [0.4, 0.5) is 5.69 Å². The molecule has 1 heterocycles. The Morgan fingerprint density at radius 3 is 2.78 bits per heavy atom. The molecule has 2 aromatic rings. The summed E-state index contributed by atoms with van der Waals surface area (Å²) in [5.74, 6) is -0.439. The zero-order valence-electron chi connectivity index (χ0n) is 10.4. The number of fused-ring (bicyclic) bond motifs is 1. The number of esters is 1. The molecular weight excluding hydrogens is 252 g/mol. The van der Waals surface area contributed by atoms with Crippen molar-refractivity contribution in [3.05, 3.63) is 34.5 Å². The lowest BCUT2D eigenvalue weighted by molar-refractivity contribution is 0.0601. The van der Waals surface area contributed by atoms with Gasteiger partial charge in [0.05, 0.1) is 23.3 Å². The fourth-order valence-corrected chi connectivity index (χ4v) is 2.17. The van der Waals surface area contributed by atoms with E-state index >= 15 is 0 Å². The molecule has 0 bridgehead atoms. The van der Waals surface area contributed by atoms with E-state index in [2.05, 4.69) is 10.3 Å². The Labute approximate surface area is 110 Å². The van der Waals surface area contributed by atoms with Gasteiger partial charge in [0.15, 0.2) is 0 Å². The van der Waals surface area contributed by atoms with Crippen molar-refractivity contribution in [3.63, 3.8) is 0 Å². The minimum atomic E-state index is -0.439. The number of benzene rings is 1. The normalized spacial score (nSPS) is 10.4. The summed E-state index contributed by atoms with van der Waals surface area (Å²) in [4.78, 5) is 16.0. The van der Waals surface area contributed by atoms with Gasteiger partial charge in [0.1, 0.15) is 5.56 Å². The third-order valence-electron chi connectivity index (χ3n) is 2.83. The van der Waals surface area contributed by atoms with E-state index in [1.165, 1.54) is 13.3 Å². The second-order valence-corrected chi connectivity index (χ2v) is 4.28. The molecule has 0 radical (unpaired) electrons. The molecule has 94 valence electrons. The third-order valence-corrected chi connectivity index (χ3v) is 3.14. The first kappa shape index (κ1) is 12.6. The van der Waals surface area contributed by atoms with Crippen molar-refractivity contribution in [2.45, 2.75) is 6.92 Å². The lowest BCUT2D eigenvalue weighted by Gasteiger charge is -2.12. The lowest BCUT2D eigenvalue weighted by atomic mass is 10.1. The summed E-state index contributed by atoms with van der Waals surface area (Å²) in [5.41, 5.74) is 2.79. The number of methoxy groups -OCH3 is 1. The van der Waals surface area contributed by atoms with Crippen LogP contribution < -0.4 is 5.32 Å². The van der Waals surface area contributed by atoms with E-state index in [4.69, 9.17) is 16.3 Å². The van der Waals surface area contributed by atoms with Crippen LogP contribution in [0.3, 0.4) is 0 Å². The second kappa shape index (κ2) is 4.82. The maximum absolute atomic E-state index is 11.7. The fraction of sp³-hybridized carbons (Fsp3) is 0.231. The number of hydrogen-bond acceptors (Lipinski definition) is 4. The number of carbonyl (C=O) groups is 1. The van der Waals surface area contributed by atoms with Crippen LogP contribution in [0, 0.1) is 6.92 Å². The summed E-state index contributed by atoms with van der Waals surface area (Å²) in [7, 11) is 3.07. The van der Waals surface area contributed by atoms with E-state index < -0.39 is 5.97 Å². The summed E-state index contributed by atoms with van der Waals surface area (Å²) < 4.78 is 4.74. The van der Waals surface area contributed by atoms with E-state index in [1.54, 1.807) is 13.1 Å². The number of aromatic nitrogens is 1. The number of rotatable bonds is 2. The van der Waals surface area contributed by atoms with Gasteiger partial charge in [-0.2, -0.15) is 0 Å². The standard InChI is InChI=1S/C13H13ClN2O2/c1-7-4-5-9(14)10-11(7)16-6-8(12(10)15-2)13(17)18-3/h4-6H,1-3H3,(H,15,16). The summed E-state index contributed by atoms with van der Waals surface area (Å²) in [6.45, 7) is 1.95. The molecule has 0 aliphatic heterocycles. The number of pyridine rings is 1. The zero-order chi connectivity index (χ0) is 13.3. The summed E-state index contributed by atoms with van der Waals surface area (Å²) in [6, 6.07) is 3.69. The van der Waals surface area contributed by atoms with Gasteiger partial charge in [-0.1, -0.05) is 17.7 Å². The van der Waals surface area contributed by atoms with Crippen molar-refractivity contribution >= 4 is 34.2 Å². The summed E-state index contributed by atoms with van der Waals surface area (Å²) in [6.07, 6.45) is 1.50. The van der Waals surface area contributed by atoms with Crippen LogP contribution in [0.15, 0.2) is 18.3 Å². The number of anilines is 1. The number of nitrogens with one attached hydrogen (secondary N) is 1. The van der Waals surface area contributed by atoms with Crippen LogP contribution in [-0.4, -0.2) is 25.1 Å². The molecule has 1 aromatic heterocycles. The van der Waals surface area contributed by atoms with Crippen LogP contribution in [0.1, 0.15) is 15.9 Å². The monoisotopic (exact) mass is 264 g/mol. The molecule has 0 saturated heterocycles. The molecule has 0 aliphatic rings. The van der Waals surface area contributed by atoms with Crippen molar-refractivity contribution in [2.24, 2.45) is 0 Å². The third kappa shape index (κ3) is 1.88. The Hall–Kier alpha value is -1.81. The molecule has 5 heteroatoms. The van der Waals surface area contributed by atoms with Gasteiger partial charge in [0.2, 0.25) is 0 Å². The van der Waals surface area contributed by atoms with E-state index in [1.807, 2.05) is 13.0 Å². The van der Waals surface area contributed by atoms with E-state index in [0.29, 0.717) is 16.3 Å². The highest BCUT2D eigenvalue weighted by Crippen LogP contribution is 2.33. The quantitative estimate of drug-likeness (QED) is 0.847. The predicted molar refractivity (Wildman–Crippen MR) is 72.4 cm³/mol. The van der Waals surface area contributed by atoms with Crippen LogP contribution in [-0.2, 0) is 4.74 Å². The van der Waals surface area contributed by atoms with Gasteiger partial charge in [0.25, 0.3) is 0 Å². The molecule has 0 amide bonds. The topological polar surface area (TPSA) is 51.2 Å². The van der Waals surface area contributed by atoms with Gasteiger partial charge < -0.3 is 10.1 Å². The molecule has 18 heavy (non-hydrogen) atoms. The van der Waals surface area contributed by atoms with Gasteiger partial charge in [-0.05, 0) is 18.6 Å². The average Bonchev–Trinajstić information content (AvgIpc) is 2.40. The van der Waals surface area contributed by atoms with Crippen LogP contribution in [0.25, 0.3) is 10.9 Å². The average molecular weight is 265 g/mol. The number of ether oxygens (including phenoxy) is 1. The van der Waals surface area contributed by atoms with Crippen molar-refractivity contribution in [1.82, 2.24) is 4.98 Å². The molecule has 1 N–H and O–H groups in total. The van der Waals surface area contributed by atoms with Gasteiger partial charge >= 0.3 is 5.97 Å². The first-order valence-electron chi connectivity index (χ1n) is 5.44. The molecule has 0 spiro atoms. The fourth-order valence-electron chi connectivity index (χ4n) is 1.93. The zero-order valence-corrected chi connectivity index (χ0v) is 11.1. The second-order valence-electron chi connectivity index (χ2n) is 3.88. The molecule has 0 fully saturated rings. The van der Waals surface area contributed by atoms with E-state index in [9.17, 15) is 4.79 Å². The van der Waals surface area contributed by atoms with Crippen LogP contribution >= 0.6 is 11.6 Å². The highest BCUT2D eigenvalue weighted by Gasteiger charge is 2.17. The molecule has 0 atom stereocenters. The van der Waals surface area contributed by atoms with Crippen molar-refractivity contribution in [3.8, 4) is 0 Å². The first-order chi connectivity index (χ1) is 8.60. The molecular formula is C13H13ClN2O2. The molecule has 2 rings (SSSR count). The predicted octanol–water partition coefficient (Wildman–Crippen LogP) is 3.02. The Kier molecular flexibility index (Phi) is 3.39. The molecule has 0 saturated carbocycles. The SMILES string of the molecule is CNc1c(C(=O)OC)cnc2c(C)ccc(Cl)c12. The first-order valence-corrected chi connectivity index (χ1v) is 5.81. The number of hydrogen-bond donors (Lipinski definition) is 1. The highest BCUT2D eigenvalue weighted by atomic mass is 35.5. The maximum atomic E-state index is 11.7. The van der Waals surface area contributed by atoms with Gasteiger partial charge in [-0.25, -0.2) is 4.79 Å². The van der Waals surface area contributed by atoms with Gasteiger partial charge in [-0.15, -0.1) is 0 Å². The van der Waals surface area contributed by atoms with Crippen LogP contribution in [0.2, 0.25) is 5.02 Å². The minimum Gasteiger partial charge on any atom is -0.465 e. The minimum absolute atomic E-state index is 0.375. The van der Waals surface area contributed by atoms with Gasteiger partial charge in [-0.3, -0.25) is 4.98 Å². The Balaban J connectivity index is 2.87. The molecule has 0 unspecified atom stereocenters. The smallest absolute Gasteiger partial charge is 0.341 e. The Bertz CT molecular complexity index is 626. The van der Waals surface area contributed by atoms with Gasteiger partial charge in [0, 0.05) is 18.6 Å².